The molecule has 2 N–H and O–H groups in total. The van der Waals surface area contributed by atoms with Crippen molar-refractivity contribution in [1.29, 1.82) is 0 Å². The molecular formula is C22H33FN2S. The van der Waals surface area contributed by atoms with E-state index in [1.807, 2.05) is 25.2 Å². The number of rotatable bonds is 13. The lowest BCUT2D eigenvalue weighted by molar-refractivity contribution is 0.417. The first-order valence-corrected chi connectivity index (χ1v) is 9.95. The predicted octanol–water partition coefficient (Wildman–Crippen LogP) is 6.27. The largest absolute Gasteiger partial charge is 0.392 e. The highest BCUT2D eigenvalue weighted by Gasteiger charge is 2.12. The van der Waals surface area contributed by atoms with Crippen molar-refractivity contribution < 1.29 is 3.89 Å². The van der Waals surface area contributed by atoms with Crippen molar-refractivity contribution >= 4 is 18.2 Å². The Kier molecular flexibility index (Phi) is 10.2. The third-order valence-electron chi connectivity index (χ3n) is 4.43. The molecule has 0 heterocycles. The molecule has 0 radical (unpaired) electrons. The third-order valence-corrected chi connectivity index (χ3v) is 4.87. The maximum atomic E-state index is 12.7. The van der Waals surface area contributed by atoms with Gasteiger partial charge in [0.15, 0.2) is 0 Å². The molecule has 0 aliphatic heterocycles. The van der Waals surface area contributed by atoms with E-state index in [0.29, 0.717) is 16.9 Å². The van der Waals surface area contributed by atoms with Crippen LogP contribution in [0, 0.1) is 5.92 Å². The second kappa shape index (κ2) is 11.8. The van der Waals surface area contributed by atoms with E-state index in [2.05, 4.69) is 44.2 Å². The van der Waals surface area contributed by atoms with E-state index in [9.17, 15) is 3.89 Å². The molecule has 0 spiro atoms. The Hall–Kier alpha value is -1.68. The van der Waals surface area contributed by atoms with Crippen molar-refractivity contribution in [3.63, 3.8) is 0 Å². The molecule has 4 heteroatoms. The van der Waals surface area contributed by atoms with E-state index < -0.39 is 0 Å². The summed E-state index contributed by atoms with van der Waals surface area (Å²) in [5.41, 5.74) is 4.27. The smallest absolute Gasteiger partial charge is 0.0812 e. The summed E-state index contributed by atoms with van der Waals surface area (Å²) >= 11 is 0.265. The monoisotopic (exact) mass is 376 g/mol. The average Bonchev–Trinajstić information content (AvgIpc) is 2.63. The minimum absolute atomic E-state index is 0.265. The zero-order chi connectivity index (χ0) is 19.5. The van der Waals surface area contributed by atoms with Crippen LogP contribution in [0.15, 0.2) is 54.2 Å². The summed E-state index contributed by atoms with van der Waals surface area (Å²) in [6, 6.07) is 6.04. The molecule has 0 amide bonds. The SMILES string of the molecule is C=Cc1cc(SF)ccc1CCC(=C)NC(CCC(=C)NC)CC(C)C. The second-order valence-electron chi connectivity index (χ2n) is 7.11. The van der Waals surface area contributed by atoms with Gasteiger partial charge >= 0.3 is 0 Å². The number of hydrogen-bond acceptors (Lipinski definition) is 3. The predicted molar refractivity (Wildman–Crippen MR) is 115 cm³/mol. The van der Waals surface area contributed by atoms with E-state index in [1.54, 1.807) is 6.08 Å². The van der Waals surface area contributed by atoms with Crippen LogP contribution in [0.2, 0.25) is 0 Å². The van der Waals surface area contributed by atoms with Gasteiger partial charge in [0.25, 0.3) is 0 Å². The second-order valence-corrected chi connectivity index (χ2v) is 7.73. The van der Waals surface area contributed by atoms with Crippen molar-refractivity contribution in [3.8, 4) is 0 Å². The van der Waals surface area contributed by atoms with Gasteiger partial charge in [-0.1, -0.05) is 45.7 Å². The molecule has 0 saturated heterocycles. The van der Waals surface area contributed by atoms with Gasteiger partial charge in [-0.2, -0.15) is 3.89 Å². The molecule has 0 bridgehead atoms. The summed E-state index contributed by atoms with van der Waals surface area (Å²) in [6.45, 7) is 16.6. The van der Waals surface area contributed by atoms with Crippen molar-refractivity contribution in [2.24, 2.45) is 5.92 Å². The highest BCUT2D eigenvalue weighted by atomic mass is 32.2. The van der Waals surface area contributed by atoms with Gasteiger partial charge in [0.2, 0.25) is 0 Å². The van der Waals surface area contributed by atoms with E-state index >= 15 is 0 Å². The minimum Gasteiger partial charge on any atom is -0.392 e. The number of halogens is 1. The molecule has 144 valence electrons. The Morgan fingerprint density at radius 2 is 1.96 bits per heavy atom. The molecule has 2 nitrogen and oxygen atoms in total. The molecule has 0 aliphatic carbocycles. The number of nitrogens with one attached hydrogen (secondary N) is 2. The third kappa shape index (κ3) is 8.13. The van der Waals surface area contributed by atoms with Crippen LogP contribution in [0.4, 0.5) is 3.89 Å². The number of allylic oxidation sites excluding steroid dienone is 2. The van der Waals surface area contributed by atoms with Crippen molar-refractivity contribution in [2.75, 3.05) is 7.05 Å². The summed E-state index contributed by atoms with van der Waals surface area (Å²) in [5, 5.41) is 6.72. The van der Waals surface area contributed by atoms with Crippen LogP contribution in [0.25, 0.3) is 6.08 Å². The topological polar surface area (TPSA) is 24.1 Å². The van der Waals surface area contributed by atoms with Crippen LogP contribution in [-0.4, -0.2) is 13.1 Å². The lowest BCUT2D eigenvalue weighted by Crippen LogP contribution is -2.30. The zero-order valence-electron chi connectivity index (χ0n) is 16.4. The van der Waals surface area contributed by atoms with Crippen LogP contribution in [-0.2, 0) is 6.42 Å². The molecule has 0 saturated carbocycles. The van der Waals surface area contributed by atoms with Crippen LogP contribution < -0.4 is 10.6 Å². The Morgan fingerprint density at radius 3 is 2.54 bits per heavy atom. The van der Waals surface area contributed by atoms with Gasteiger partial charge in [-0.05, 0) is 61.3 Å². The van der Waals surface area contributed by atoms with Crippen molar-refractivity contribution in [2.45, 2.75) is 56.9 Å². The van der Waals surface area contributed by atoms with Gasteiger partial charge in [0.1, 0.15) is 0 Å². The molecular weight excluding hydrogens is 343 g/mol. The Labute approximate surface area is 163 Å². The first kappa shape index (κ1) is 22.4. The number of hydrogen-bond donors (Lipinski definition) is 2. The summed E-state index contributed by atoms with van der Waals surface area (Å²) in [4.78, 5) is 0.613. The molecule has 0 fully saturated rings. The number of aryl methyl sites for hydroxylation is 1. The summed E-state index contributed by atoms with van der Waals surface area (Å²) in [7, 11) is 1.91. The van der Waals surface area contributed by atoms with Gasteiger partial charge < -0.3 is 10.6 Å². The maximum Gasteiger partial charge on any atom is 0.0812 e. The number of benzene rings is 1. The normalized spacial score (nSPS) is 11.9. The minimum atomic E-state index is 0.265. The molecule has 1 unspecified atom stereocenters. The summed E-state index contributed by atoms with van der Waals surface area (Å²) in [5.74, 6) is 0.626. The quantitative estimate of drug-likeness (QED) is 0.424. The van der Waals surface area contributed by atoms with Gasteiger partial charge in [0.05, 0.1) is 12.1 Å². The Morgan fingerprint density at radius 1 is 1.23 bits per heavy atom. The molecule has 26 heavy (non-hydrogen) atoms. The van der Waals surface area contributed by atoms with E-state index in [-0.39, 0.29) is 12.1 Å². The Bertz CT molecular complexity index is 610. The lowest BCUT2D eigenvalue weighted by atomic mass is 9.97. The molecule has 0 aliphatic rings. The molecule has 1 aromatic rings. The Balaban J connectivity index is 2.61. The molecule has 1 atom stereocenters. The summed E-state index contributed by atoms with van der Waals surface area (Å²) in [6.07, 6.45) is 6.60. The maximum absolute atomic E-state index is 12.7. The first-order valence-electron chi connectivity index (χ1n) is 9.23. The van der Waals surface area contributed by atoms with Gasteiger partial charge in [-0.3, -0.25) is 0 Å². The zero-order valence-corrected chi connectivity index (χ0v) is 17.2. The first-order chi connectivity index (χ1) is 12.4. The van der Waals surface area contributed by atoms with Gasteiger partial charge in [0, 0.05) is 29.4 Å². The van der Waals surface area contributed by atoms with Gasteiger partial charge in [-0.15, -0.1) is 0 Å². The van der Waals surface area contributed by atoms with Crippen LogP contribution in [0.3, 0.4) is 0 Å². The highest BCUT2D eigenvalue weighted by molar-refractivity contribution is 7.94. The van der Waals surface area contributed by atoms with E-state index in [4.69, 9.17) is 0 Å². The fourth-order valence-electron chi connectivity index (χ4n) is 2.98. The average molecular weight is 377 g/mol. The molecule has 1 aromatic carbocycles. The standard InChI is InChI=1S/C22H33FN2S/c1-7-19-15-22(26-23)13-11-20(19)10-8-18(5)25-21(14-16(2)3)12-9-17(4)24-6/h7,11,13,15-16,21,24-25H,1,4-5,8-10,12,14H2,2-3,6H3. The van der Waals surface area contributed by atoms with E-state index in [0.717, 1.165) is 49.1 Å². The van der Waals surface area contributed by atoms with Gasteiger partial charge in [-0.25, -0.2) is 0 Å². The summed E-state index contributed by atoms with van der Waals surface area (Å²) < 4.78 is 12.7. The van der Waals surface area contributed by atoms with Crippen LogP contribution in [0.5, 0.6) is 0 Å². The molecule has 0 aromatic heterocycles. The van der Waals surface area contributed by atoms with Crippen LogP contribution >= 0.6 is 12.1 Å². The van der Waals surface area contributed by atoms with Crippen LogP contribution in [0.1, 0.15) is 50.7 Å². The van der Waals surface area contributed by atoms with Crippen molar-refractivity contribution in [3.05, 3.63) is 60.5 Å². The molecule has 1 rings (SSSR count). The van der Waals surface area contributed by atoms with Crippen molar-refractivity contribution in [1.82, 2.24) is 10.6 Å². The fraction of sp³-hybridized carbons (Fsp3) is 0.455. The highest BCUT2D eigenvalue weighted by Crippen LogP contribution is 2.24. The fourth-order valence-corrected chi connectivity index (χ4v) is 3.27. The lowest BCUT2D eigenvalue weighted by Gasteiger charge is -2.24. The van der Waals surface area contributed by atoms with E-state index in [1.165, 1.54) is 5.56 Å².